The first kappa shape index (κ1) is 12.9. The highest BCUT2D eigenvalue weighted by Crippen LogP contribution is 2.23. The van der Waals surface area contributed by atoms with Crippen LogP contribution in [0.25, 0.3) is 0 Å². The van der Waals surface area contributed by atoms with Crippen LogP contribution in [0, 0.1) is 0 Å². The average Bonchev–Trinajstić information content (AvgIpc) is 2.25. The van der Waals surface area contributed by atoms with Crippen LogP contribution in [-0.4, -0.2) is 13.5 Å². The molecule has 0 fully saturated rings. The molecule has 0 aliphatic carbocycles. The van der Waals surface area contributed by atoms with E-state index in [1.54, 1.807) is 0 Å². The minimum atomic E-state index is -1.66. The maximum atomic E-state index is 12.0. The lowest BCUT2D eigenvalue weighted by atomic mass is 9.97. The van der Waals surface area contributed by atoms with Crippen molar-refractivity contribution in [2.75, 3.05) is 0 Å². The summed E-state index contributed by atoms with van der Waals surface area (Å²) in [5, 5.41) is 0.418. The van der Waals surface area contributed by atoms with Gasteiger partial charge in [-0.25, -0.2) is 0 Å². The lowest BCUT2D eigenvalue weighted by Gasteiger charge is -2.18. The van der Waals surface area contributed by atoms with E-state index in [1.165, 1.54) is 5.56 Å². The summed E-state index contributed by atoms with van der Waals surface area (Å²) in [5.74, 6) is 0.167. The van der Waals surface area contributed by atoms with Gasteiger partial charge in [-0.3, -0.25) is 0 Å². The number of allylic oxidation sites excluding steroid dienone is 1. The molecule has 86 valence electrons. The summed E-state index contributed by atoms with van der Waals surface area (Å²) in [7, 11) is -1.66. The molecule has 0 saturated carbocycles. The van der Waals surface area contributed by atoms with Crippen molar-refractivity contribution in [1.82, 2.24) is 0 Å². The fourth-order valence-electron chi connectivity index (χ4n) is 1.54. The summed E-state index contributed by atoms with van der Waals surface area (Å²) >= 11 is 0. The first-order chi connectivity index (χ1) is 7.45. The van der Waals surface area contributed by atoms with Gasteiger partial charge in [0.2, 0.25) is 0 Å². The Morgan fingerprint density at radius 1 is 1.31 bits per heavy atom. The predicted octanol–water partition coefficient (Wildman–Crippen LogP) is 3.79. The molecule has 0 bridgehead atoms. The topological polar surface area (TPSA) is 17.1 Å². The van der Waals surface area contributed by atoms with Crippen LogP contribution < -0.4 is 0 Å². The summed E-state index contributed by atoms with van der Waals surface area (Å²) in [6, 6.07) is 10.1. The predicted molar refractivity (Wildman–Crippen MR) is 72.4 cm³/mol. The van der Waals surface area contributed by atoms with Crippen molar-refractivity contribution in [3.8, 4) is 0 Å². The molecule has 0 heterocycles. The Hall–Kier alpha value is -1.15. The molecule has 1 aromatic carbocycles. The highest BCUT2D eigenvalue weighted by molar-refractivity contribution is 7.03. The van der Waals surface area contributed by atoms with E-state index < -0.39 is 8.07 Å². The van der Waals surface area contributed by atoms with E-state index in [9.17, 15) is 4.79 Å². The molecule has 2 heteroatoms. The Balaban J connectivity index is 2.79. The SMILES string of the molecule is C=C[C@H](CC(=O)[Si](C)(C)C)c1ccccc1. The largest absolute Gasteiger partial charge is 0.305 e. The highest BCUT2D eigenvalue weighted by Gasteiger charge is 2.26. The summed E-state index contributed by atoms with van der Waals surface area (Å²) in [4.78, 5) is 12.0. The van der Waals surface area contributed by atoms with E-state index in [4.69, 9.17) is 0 Å². The monoisotopic (exact) mass is 232 g/mol. The quantitative estimate of drug-likeness (QED) is 0.557. The molecular formula is C14H20OSi. The van der Waals surface area contributed by atoms with Crippen molar-refractivity contribution in [3.63, 3.8) is 0 Å². The molecule has 0 aliphatic rings. The fourth-order valence-corrected chi connectivity index (χ4v) is 2.38. The number of benzene rings is 1. The van der Waals surface area contributed by atoms with Gasteiger partial charge in [0.05, 0.1) is 0 Å². The smallest absolute Gasteiger partial charge is 0.123 e. The summed E-state index contributed by atoms with van der Waals surface area (Å²) in [5.41, 5.74) is 1.18. The zero-order chi connectivity index (χ0) is 12.2. The molecule has 0 aromatic heterocycles. The van der Waals surface area contributed by atoms with Crippen LogP contribution in [0.15, 0.2) is 43.0 Å². The van der Waals surface area contributed by atoms with E-state index in [0.717, 1.165) is 0 Å². The van der Waals surface area contributed by atoms with Crippen molar-refractivity contribution in [2.45, 2.75) is 32.0 Å². The molecule has 0 saturated heterocycles. The summed E-state index contributed by atoms with van der Waals surface area (Å²) in [6.45, 7) is 10.1. The molecule has 1 atom stereocenters. The van der Waals surface area contributed by atoms with Gasteiger partial charge >= 0.3 is 0 Å². The Morgan fingerprint density at radius 2 is 1.88 bits per heavy atom. The number of rotatable bonds is 5. The van der Waals surface area contributed by atoms with Crippen LogP contribution in [0.4, 0.5) is 0 Å². The molecule has 0 amide bonds. The maximum absolute atomic E-state index is 12.0. The van der Waals surface area contributed by atoms with E-state index in [-0.39, 0.29) is 5.92 Å². The second-order valence-corrected chi connectivity index (χ2v) is 10.2. The Labute approximate surface area is 99.2 Å². The zero-order valence-electron chi connectivity index (χ0n) is 10.4. The van der Waals surface area contributed by atoms with Gasteiger partial charge in [0.25, 0.3) is 0 Å². The average molecular weight is 232 g/mol. The molecule has 0 spiro atoms. The van der Waals surface area contributed by atoms with Gasteiger partial charge in [-0.05, 0) is 5.56 Å². The minimum Gasteiger partial charge on any atom is -0.305 e. The fraction of sp³-hybridized carbons (Fsp3) is 0.357. The molecule has 0 unspecified atom stereocenters. The molecule has 1 aromatic rings. The molecular weight excluding hydrogens is 212 g/mol. The van der Waals surface area contributed by atoms with Crippen LogP contribution >= 0.6 is 0 Å². The first-order valence-electron chi connectivity index (χ1n) is 5.66. The van der Waals surface area contributed by atoms with Gasteiger partial charge in [0, 0.05) is 12.3 Å². The Morgan fingerprint density at radius 3 is 2.31 bits per heavy atom. The third kappa shape index (κ3) is 3.45. The molecule has 1 nitrogen and oxygen atoms in total. The van der Waals surface area contributed by atoms with Gasteiger partial charge in [-0.1, -0.05) is 56.0 Å². The normalized spacial score (nSPS) is 13.2. The third-order valence-corrected chi connectivity index (χ3v) is 4.63. The van der Waals surface area contributed by atoms with Crippen molar-refractivity contribution in [3.05, 3.63) is 48.6 Å². The highest BCUT2D eigenvalue weighted by atomic mass is 28.3. The molecule has 0 radical (unpaired) electrons. The van der Waals surface area contributed by atoms with Crippen LogP contribution in [0.2, 0.25) is 19.6 Å². The van der Waals surface area contributed by atoms with Gasteiger partial charge < -0.3 is 4.79 Å². The third-order valence-electron chi connectivity index (χ3n) is 2.75. The van der Waals surface area contributed by atoms with Crippen LogP contribution in [-0.2, 0) is 4.79 Å². The molecule has 1 rings (SSSR count). The number of hydrogen-bond donors (Lipinski definition) is 0. The Kier molecular flexibility index (Phi) is 4.24. The summed E-state index contributed by atoms with van der Waals surface area (Å²) in [6.07, 6.45) is 2.48. The maximum Gasteiger partial charge on any atom is 0.123 e. The van der Waals surface area contributed by atoms with Crippen molar-refractivity contribution >= 4 is 13.5 Å². The first-order valence-corrected chi connectivity index (χ1v) is 9.16. The van der Waals surface area contributed by atoms with Crippen molar-refractivity contribution in [1.29, 1.82) is 0 Å². The lowest BCUT2D eigenvalue weighted by Crippen LogP contribution is -2.34. The van der Waals surface area contributed by atoms with Gasteiger partial charge in [-0.2, -0.15) is 0 Å². The number of carbonyl (C=O) groups is 1. The second-order valence-electron chi connectivity index (χ2n) is 5.13. The van der Waals surface area contributed by atoms with Crippen LogP contribution in [0.5, 0.6) is 0 Å². The number of hydrogen-bond acceptors (Lipinski definition) is 1. The molecule has 0 N–H and O–H groups in total. The minimum absolute atomic E-state index is 0.167. The lowest BCUT2D eigenvalue weighted by molar-refractivity contribution is -0.112. The second kappa shape index (κ2) is 5.26. The van der Waals surface area contributed by atoms with Gasteiger partial charge in [0.1, 0.15) is 13.5 Å². The molecule has 0 aliphatic heterocycles. The summed E-state index contributed by atoms with van der Waals surface area (Å²) < 4.78 is 0. The van der Waals surface area contributed by atoms with Crippen molar-refractivity contribution < 1.29 is 4.79 Å². The van der Waals surface area contributed by atoms with E-state index >= 15 is 0 Å². The van der Waals surface area contributed by atoms with Gasteiger partial charge in [-0.15, -0.1) is 6.58 Å². The van der Waals surface area contributed by atoms with E-state index in [1.807, 2.05) is 24.3 Å². The molecule has 16 heavy (non-hydrogen) atoms. The standard InChI is InChI=1S/C14H20OSi/c1-5-12(11-14(15)16(2,3)4)13-9-7-6-8-10-13/h5-10,12H,1,11H2,2-4H3/t12-/m1/s1. The van der Waals surface area contributed by atoms with Gasteiger partial charge in [0.15, 0.2) is 0 Å². The zero-order valence-corrected chi connectivity index (χ0v) is 11.4. The number of carbonyl (C=O) groups excluding carboxylic acids is 1. The van der Waals surface area contributed by atoms with Crippen molar-refractivity contribution in [2.24, 2.45) is 0 Å². The van der Waals surface area contributed by atoms with E-state index in [2.05, 4.69) is 38.4 Å². The van der Waals surface area contributed by atoms with Crippen LogP contribution in [0.3, 0.4) is 0 Å². The Bertz CT molecular complexity index is 362. The van der Waals surface area contributed by atoms with E-state index in [0.29, 0.717) is 11.8 Å². The van der Waals surface area contributed by atoms with Crippen LogP contribution in [0.1, 0.15) is 17.9 Å².